The maximum atomic E-state index is 3.07. The standard InChI is InChI=1S/C10H12N2Se/c1-7-4-5-8-9(6-7)12(3)10(13)11(8)2/h4-6H,1-3H3. The molecule has 0 atom stereocenters. The van der Waals surface area contributed by atoms with Crippen LogP contribution in [0.1, 0.15) is 5.56 Å². The summed E-state index contributed by atoms with van der Waals surface area (Å²) in [6, 6.07) is 6.50. The first-order valence-electron chi connectivity index (χ1n) is 4.23. The number of hydrogen-bond donors (Lipinski definition) is 0. The first kappa shape index (κ1) is 8.79. The summed E-state index contributed by atoms with van der Waals surface area (Å²) in [5, 5.41) is 0. The summed E-state index contributed by atoms with van der Waals surface area (Å²) in [6.45, 7) is 2.12. The Morgan fingerprint density at radius 1 is 1.08 bits per heavy atom. The number of aryl methyl sites for hydroxylation is 3. The number of benzene rings is 1. The number of aromatic nitrogens is 2. The van der Waals surface area contributed by atoms with Crippen LogP contribution in [0.2, 0.25) is 0 Å². The zero-order valence-electron chi connectivity index (χ0n) is 8.03. The van der Waals surface area contributed by atoms with Gasteiger partial charge in [-0.1, -0.05) is 0 Å². The van der Waals surface area contributed by atoms with E-state index in [2.05, 4.69) is 63.9 Å². The molecule has 0 aliphatic heterocycles. The van der Waals surface area contributed by atoms with Gasteiger partial charge < -0.3 is 0 Å². The second-order valence-corrected chi connectivity index (χ2v) is 4.16. The van der Waals surface area contributed by atoms with Crippen LogP contribution in [0.3, 0.4) is 0 Å². The molecule has 0 N–H and O–H groups in total. The molecule has 0 aliphatic carbocycles. The van der Waals surface area contributed by atoms with Crippen LogP contribution in [0.15, 0.2) is 18.2 Å². The maximum absolute atomic E-state index is 3.07. The van der Waals surface area contributed by atoms with Gasteiger partial charge in [-0.05, 0) is 0 Å². The van der Waals surface area contributed by atoms with Crippen molar-refractivity contribution in [3.05, 3.63) is 28.1 Å². The molecular formula is C10H12N2Se. The van der Waals surface area contributed by atoms with Gasteiger partial charge in [-0.2, -0.15) is 0 Å². The van der Waals surface area contributed by atoms with Crippen LogP contribution in [-0.2, 0) is 14.1 Å². The van der Waals surface area contributed by atoms with Crippen molar-refractivity contribution in [2.75, 3.05) is 0 Å². The first-order valence-corrected chi connectivity index (χ1v) is 5.09. The molecular weight excluding hydrogens is 227 g/mol. The molecule has 0 radical (unpaired) electrons. The zero-order chi connectivity index (χ0) is 9.59. The van der Waals surface area contributed by atoms with Gasteiger partial charge in [-0.15, -0.1) is 0 Å². The monoisotopic (exact) mass is 240 g/mol. The minimum atomic E-state index is 1.15. The molecule has 0 fully saturated rings. The van der Waals surface area contributed by atoms with Crippen LogP contribution in [0, 0.1) is 11.2 Å². The third-order valence-corrected chi connectivity index (χ3v) is 3.58. The van der Waals surface area contributed by atoms with Crippen LogP contribution >= 0.6 is 0 Å². The molecule has 0 spiro atoms. The van der Waals surface area contributed by atoms with E-state index < -0.39 is 0 Å². The van der Waals surface area contributed by atoms with Crippen LogP contribution in [0.25, 0.3) is 11.0 Å². The summed E-state index contributed by atoms with van der Waals surface area (Å²) in [5.41, 5.74) is 3.84. The van der Waals surface area contributed by atoms with Crippen molar-refractivity contribution in [3.63, 3.8) is 0 Å². The van der Waals surface area contributed by atoms with E-state index in [-0.39, 0.29) is 0 Å². The molecule has 13 heavy (non-hydrogen) atoms. The number of hydrogen-bond acceptors (Lipinski definition) is 0. The Kier molecular flexibility index (Phi) is 1.93. The topological polar surface area (TPSA) is 9.86 Å². The Morgan fingerprint density at radius 2 is 1.69 bits per heavy atom. The Hall–Kier alpha value is -0.791. The van der Waals surface area contributed by atoms with Crippen molar-refractivity contribution < 1.29 is 0 Å². The molecule has 1 heterocycles. The Balaban J connectivity index is 3.04. The van der Waals surface area contributed by atoms with Gasteiger partial charge in [-0.25, -0.2) is 0 Å². The summed E-state index contributed by atoms with van der Waals surface area (Å²) >= 11 is 3.07. The molecule has 2 rings (SSSR count). The molecule has 1 aromatic carbocycles. The van der Waals surface area contributed by atoms with Gasteiger partial charge in [0.15, 0.2) is 0 Å². The van der Waals surface area contributed by atoms with E-state index in [1.807, 2.05) is 0 Å². The van der Waals surface area contributed by atoms with Crippen molar-refractivity contribution in [2.24, 2.45) is 14.1 Å². The normalized spacial score (nSPS) is 11.0. The Labute approximate surface area is 85.2 Å². The molecule has 0 unspecified atom stereocenters. The zero-order valence-corrected chi connectivity index (χ0v) is 9.75. The molecule has 0 bridgehead atoms. The van der Waals surface area contributed by atoms with Crippen LogP contribution in [0.5, 0.6) is 0 Å². The van der Waals surface area contributed by atoms with Gasteiger partial charge >= 0.3 is 84.8 Å². The van der Waals surface area contributed by atoms with E-state index in [1.54, 1.807) is 0 Å². The summed E-state index contributed by atoms with van der Waals surface area (Å²) in [7, 11) is 4.15. The quantitative estimate of drug-likeness (QED) is 0.617. The van der Waals surface area contributed by atoms with E-state index in [0.717, 1.165) is 4.32 Å². The fourth-order valence-electron chi connectivity index (χ4n) is 1.62. The van der Waals surface area contributed by atoms with Gasteiger partial charge in [0.2, 0.25) is 0 Å². The van der Waals surface area contributed by atoms with Crippen LogP contribution < -0.4 is 0 Å². The summed E-state index contributed by atoms with van der Waals surface area (Å²) in [4.78, 5) is 0. The number of nitrogens with zero attached hydrogens (tertiary/aromatic N) is 2. The molecule has 0 aliphatic rings. The predicted molar refractivity (Wildman–Crippen MR) is 55.6 cm³/mol. The molecule has 3 heteroatoms. The molecule has 2 nitrogen and oxygen atoms in total. The molecule has 2 aromatic rings. The molecule has 1 aromatic heterocycles. The van der Waals surface area contributed by atoms with Crippen molar-refractivity contribution in [3.8, 4) is 0 Å². The number of imidazole rings is 1. The average Bonchev–Trinajstić information content (AvgIpc) is 2.32. The second kappa shape index (κ2) is 2.86. The Morgan fingerprint density at radius 3 is 2.38 bits per heavy atom. The third kappa shape index (κ3) is 1.19. The second-order valence-electron chi connectivity index (χ2n) is 3.39. The van der Waals surface area contributed by atoms with Gasteiger partial charge in [0.1, 0.15) is 0 Å². The molecule has 0 saturated carbocycles. The summed E-state index contributed by atoms with van der Waals surface area (Å²) in [5.74, 6) is 0. The van der Waals surface area contributed by atoms with Crippen molar-refractivity contribution >= 4 is 26.6 Å². The number of rotatable bonds is 0. The van der Waals surface area contributed by atoms with Crippen molar-refractivity contribution in [1.82, 2.24) is 9.13 Å². The van der Waals surface area contributed by atoms with E-state index in [9.17, 15) is 0 Å². The van der Waals surface area contributed by atoms with Gasteiger partial charge in [0.25, 0.3) is 0 Å². The van der Waals surface area contributed by atoms with E-state index >= 15 is 0 Å². The minimum absolute atomic E-state index is 1.15. The van der Waals surface area contributed by atoms with Crippen molar-refractivity contribution in [1.29, 1.82) is 0 Å². The van der Waals surface area contributed by atoms with Crippen molar-refractivity contribution in [2.45, 2.75) is 6.92 Å². The Bertz CT molecular complexity index is 519. The first-order chi connectivity index (χ1) is 6.11. The third-order valence-electron chi connectivity index (χ3n) is 2.43. The van der Waals surface area contributed by atoms with Crippen LogP contribution in [-0.4, -0.2) is 24.7 Å². The fourth-order valence-corrected chi connectivity index (χ4v) is 2.03. The van der Waals surface area contributed by atoms with E-state index in [1.165, 1.54) is 16.6 Å². The predicted octanol–water partition coefficient (Wildman–Crippen LogP) is 1.53. The van der Waals surface area contributed by atoms with E-state index in [4.69, 9.17) is 0 Å². The van der Waals surface area contributed by atoms with Crippen LogP contribution in [0.4, 0.5) is 0 Å². The van der Waals surface area contributed by atoms with Gasteiger partial charge in [0.05, 0.1) is 0 Å². The van der Waals surface area contributed by atoms with Gasteiger partial charge in [0, 0.05) is 0 Å². The fraction of sp³-hybridized carbons (Fsp3) is 0.300. The summed E-state index contributed by atoms with van der Waals surface area (Å²) in [6.07, 6.45) is 0. The summed E-state index contributed by atoms with van der Waals surface area (Å²) < 4.78 is 5.48. The van der Waals surface area contributed by atoms with E-state index in [0.29, 0.717) is 0 Å². The number of fused-ring (bicyclic) bond motifs is 1. The molecule has 0 saturated heterocycles. The SMILES string of the molecule is Cc1ccc2c(c1)n(C)c(=[Se])n2C. The van der Waals surface area contributed by atoms with Gasteiger partial charge in [-0.3, -0.25) is 0 Å². The molecule has 0 amide bonds. The average molecular weight is 239 g/mol. The molecule has 68 valence electrons.